The van der Waals surface area contributed by atoms with E-state index in [1.54, 1.807) is 24.5 Å². The summed E-state index contributed by atoms with van der Waals surface area (Å²) in [6.07, 6.45) is 6.75. The van der Waals surface area contributed by atoms with Crippen molar-refractivity contribution in [2.45, 2.75) is 25.0 Å². The third-order valence-electron chi connectivity index (χ3n) is 5.70. The number of benzene rings is 2. The first-order valence-corrected chi connectivity index (χ1v) is 10.2. The third-order valence-corrected chi connectivity index (χ3v) is 5.70. The number of anilines is 1. The van der Waals surface area contributed by atoms with E-state index in [-0.39, 0.29) is 18.8 Å². The molecule has 2 aromatic carbocycles. The fourth-order valence-corrected chi connectivity index (χ4v) is 4.21. The Morgan fingerprint density at radius 1 is 1.22 bits per heavy atom. The first kappa shape index (κ1) is 19.8. The van der Waals surface area contributed by atoms with Crippen LogP contribution in [0.2, 0.25) is 0 Å². The maximum atomic E-state index is 10.7. The molecule has 0 saturated carbocycles. The molecule has 32 heavy (non-hydrogen) atoms. The van der Waals surface area contributed by atoms with Crippen LogP contribution in [0.25, 0.3) is 0 Å². The van der Waals surface area contributed by atoms with E-state index < -0.39 is 5.97 Å². The van der Waals surface area contributed by atoms with Crippen molar-refractivity contribution in [3.63, 3.8) is 0 Å². The third kappa shape index (κ3) is 3.68. The smallest absolute Gasteiger partial charge is 0.341 e. The van der Waals surface area contributed by atoms with Crippen molar-refractivity contribution in [3.8, 4) is 5.75 Å². The Balaban J connectivity index is 1.41. The molecule has 0 bridgehead atoms. The molecule has 0 amide bonds. The van der Waals surface area contributed by atoms with Crippen molar-refractivity contribution in [3.05, 3.63) is 71.6 Å². The number of aryl methyl sites for hydroxylation is 1. The number of carboxylic acids is 1. The molecule has 2 aliphatic heterocycles. The number of hydrogen-bond acceptors (Lipinski definition) is 8. The topological polar surface area (TPSA) is 119 Å². The molecule has 2 aromatic rings. The summed E-state index contributed by atoms with van der Waals surface area (Å²) in [5.41, 5.74) is 4.77. The highest BCUT2D eigenvalue weighted by Gasteiger charge is 2.36. The van der Waals surface area contributed by atoms with Gasteiger partial charge in [0.15, 0.2) is 6.61 Å². The predicted octanol–water partition coefficient (Wildman–Crippen LogP) is 3.02. The van der Waals surface area contributed by atoms with Crippen LogP contribution in [0.15, 0.2) is 70.0 Å². The van der Waals surface area contributed by atoms with Crippen LogP contribution in [0.1, 0.15) is 29.2 Å². The Bertz CT molecular complexity index is 1170. The van der Waals surface area contributed by atoms with Crippen LogP contribution >= 0.6 is 0 Å². The van der Waals surface area contributed by atoms with Gasteiger partial charge in [-0.1, -0.05) is 23.4 Å². The number of nitrogens with zero attached hydrogens (tertiary/aromatic N) is 4. The van der Waals surface area contributed by atoms with Crippen LogP contribution in [0.3, 0.4) is 0 Å². The number of ether oxygens (including phenoxy) is 1. The highest BCUT2D eigenvalue weighted by atomic mass is 16.5. The lowest BCUT2D eigenvalue weighted by molar-refractivity contribution is -0.139. The predicted molar refractivity (Wildman–Crippen MR) is 120 cm³/mol. The maximum absolute atomic E-state index is 10.7. The molecule has 3 N–H and O–H groups in total. The lowest BCUT2D eigenvalue weighted by atomic mass is 10.0. The summed E-state index contributed by atoms with van der Waals surface area (Å²) in [4.78, 5) is 21.8. The molecule has 5 rings (SSSR count). The average Bonchev–Trinajstić information content (AvgIpc) is 3.39. The van der Waals surface area contributed by atoms with Gasteiger partial charge in [-0.3, -0.25) is 9.98 Å². The molecular weight excluding hydrogens is 410 g/mol. The number of hydrogen-bond donors (Lipinski definition) is 3. The van der Waals surface area contributed by atoms with Crippen LogP contribution in [-0.4, -0.2) is 51.7 Å². The first-order valence-electron chi connectivity index (χ1n) is 10.2. The second kappa shape index (κ2) is 8.18. The zero-order valence-corrected chi connectivity index (χ0v) is 17.0. The van der Waals surface area contributed by atoms with Crippen molar-refractivity contribution in [2.24, 2.45) is 15.1 Å². The molecule has 0 spiro atoms. The number of amidine groups is 1. The Morgan fingerprint density at radius 2 is 2.06 bits per heavy atom. The first-order chi connectivity index (χ1) is 15.6. The van der Waals surface area contributed by atoms with Gasteiger partial charge in [0.1, 0.15) is 23.8 Å². The molecule has 2 unspecified atom stereocenters. The van der Waals surface area contributed by atoms with Crippen molar-refractivity contribution < 1.29 is 19.8 Å². The zero-order chi connectivity index (χ0) is 22.1. The zero-order valence-electron chi connectivity index (χ0n) is 17.0. The van der Waals surface area contributed by atoms with Gasteiger partial charge in [0, 0.05) is 23.7 Å². The average molecular weight is 431 g/mol. The van der Waals surface area contributed by atoms with Crippen molar-refractivity contribution in [1.82, 2.24) is 4.90 Å². The molecule has 1 aliphatic carbocycles. The molecule has 0 radical (unpaired) electrons. The molecule has 9 heteroatoms. The van der Waals surface area contributed by atoms with E-state index in [2.05, 4.69) is 21.5 Å². The van der Waals surface area contributed by atoms with E-state index in [0.717, 1.165) is 46.8 Å². The normalized spacial score (nSPS) is 21.9. The molecule has 162 valence electrons. The Morgan fingerprint density at radius 3 is 2.84 bits per heavy atom. The van der Waals surface area contributed by atoms with Gasteiger partial charge in [-0.05, 0) is 48.2 Å². The molecule has 3 aliphatic rings. The minimum Gasteiger partial charge on any atom is -0.482 e. The second-order valence-corrected chi connectivity index (χ2v) is 7.67. The number of carbonyl (C=O) groups is 1. The standard InChI is InChI=1S/C23H21N5O4/c29-21(30)13-32-17-5-1-14(2-6-17)22-23(28-10-9-24-12-20(28)26-22)25-16-4-7-18-15(11-16)3-8-19(18)27-31/h1-2,4-7,9-12,22-23,25,31H,3,8,13H2,(H,29,30)/b27-19+. The fraction of sp³-hybridized carbons (Fsp3) is 0.217. The lowest BCUT2D eigenvalue weighted by Gasteiger charge is -2.29. The van der Waals surface area contributed by atoms with Crippen molar-refractivity contribution in [1.29, 1.82) is 0 Å². The number of aliphatic imine (C=N–C) groups is 2. The summed E-state index contributed by atoms with van der Waals surface area (Å²) < 4.78 is 5.24. The Hall–Kier alpha value is -4.14. The molecule has 0 aromatic heterocycles. The summed E-state index contributed by atoms with van der Waals surface area (Å²) in [5.74, 6) is 0.234. The van der Waals surface area contributed by atoms with Gasteiger partial charge in [0.25, 0.3) is 0 Å². The second-order valence-electron chi connectivity index (χ2n) is 7.67. The monoisotopic (exact) mass is 431 g/mol. The van der Waals surface area contributed by atoms with E-state index >= 15 is 0 Å². The number of oxime groups is 1. The van der Waals surface area contributed by atoms with Gasteiger partial charge >= 0.3 is 5.97 Å². The molecule has 9 nitrogen and oxygen atoms in total. The number of fused-ring (bicyclic) bond motifs is 2. The number of aliphatic carboxylic acids is 1. The summed E-state index contributed by atoms with van der Waals surface area (Å²) in [6, 6.07) is 13.1. The molecule has 0 saturated heterocycles. The fourth-order valence-electron chi connectivity index (χ4n) is 4.21. The van der Waals surface area contributed by atoms with Crippen LogP contribution in [-0.2, 0) is 11.2 Å². The molecule has 0 fully saturated rings. The minimum absolute atomic E-state index is 0.177. The highest BCUT2D eigenvalue weighted by molar-refractivity contribution is 6.31. The van der Waals surface area contributed by atoms with E-state index in [4.69, 9.17) is 14.8 Å². The molecular formula is C23H21N5O4. The van der Waals surface area contributed by atoms with Gasteiger partial charge in [0.2, 0.25) is 0 Å². The minimum atomic E-state index is -1.02. The number of carboxylic acid groups (broad SMARTS) is 1. The summed E-state index contributed by atoms with van der Waals surface area (Å²) >= 11 is 0. The van der Waals surface area contributed by atoms with Crippen LogP contribution < -0.4 is 10.1 Å². The number of nitrogens with one attached hydrogen (secondary N) is 1. The molecule has 2 atom stereocenters. The van der Waals surface area contributed by atoms with E-state index in [1.165, 1.54) is 0 Å². The van der Waals surface area contributed by atoms with Crippen molar-refractivity contribution >= 4 is 29.4 Å². The van der Waals surface area contributed by atoms with Crippen LogP contribution in [0, 0.1) is 0 Å². The SMILES string of the molecule is O=C(O)COc1ccc(C2N=C3C=NC=CN3C2Nc2ccc3c(c2)CC/C3=N\O)cc1. The molecule has 2 heterocycles. The van der Waals surface area contributed by atoms with Gasteiger partial charge in [-0.25, -0.2) is 4.79 Å². The van der Waals surface area contributed by atoms with Crippen LogP contribution in [0.5, 0.6) is 5.75 Å². The Labute approximate surface area is 184 Å². The van der Waals surface area contributed by atoms with Crippen LogP contribution in [0.4, 0.5) is 5.69 Å². The largest absolute Gasteiger partial charge is 0.482 e. The van der Waals surface area contributed by atoms with E-state index in [0.29, 0.717) is 5.75 Å². The van der Waals surface area contributed by atoms with Gasteiger partial charge in [-0.2, -0.15) is 0 Å². The Kier molecular flexibility index (Phi) is 5.06. The quantitative estimate of drug-likeness (QED) is 0.478. The summed E-state index contributed by atoms with van der Waals surface area (Å²) in [5, 5.41) is 25.0. The van der Waals surface area contributed by atoms with E-state index in [9.17, 15) is 10.0 Å². The lowest BCUT2D eigenvalue weighted by Crippen LogP contribution is -2.40. The highest BCUT2D eigenvalue weighted by Crippen LogP contribution is 2.35. The summed E-state index contributed by atoms with van der Waals surface area (Å²) in [7, 11) is 0. The number of rotatable bonds is 6. The maximum Gasteiger partial charge on any atom is 0.341 e. The van der Waals surface area contributed by atoms with Gasteiger partial charge in [-0.15, -0.1) is 0 Å². The van der Waals surface area contributed by atoms with Gasteiger partial charge < -0.3 is 25.3 Å². The van der Waals surface area contributed by atoms with E-state index in [1.807, 2.05) is 35.4 Å². The summed E-state index contributed by atoms with van der Waals surface area (Å²) in [6.45, 7) is -0.384. The van der Waals surface area contributed by atoms with Crippen molar-refractivity contribution in [2.75, 3.05) is 11.9 Å². The van der Waals surface area contributed by atoms with Gasteiger partial charge in [0.05, 0.1) is 11.9 Å².